The molecule has 0 aromatic heterocycles. The molecular formula is C19H25NO. The molecule has 1 saturated heterocycles. The first kappa shape index (κ1) is 14.4. The summed E-state index contributed by atoms with van der Waals surface area (Å²) in [5, 5.41) is 12.7. The van der Waals surface area contributed by atoms with Gasteiger partial charge in [-0.3, -0.25) is 4.90 Å². The average molecular weight is 283 g/mol. The zero-order valence-electron chi connectivity index (χ0n) is 13.1. The van der Waals surface area contributed by atoms with Crippen LogP contribution in [0.5, 0.6) is 5.75 Å². The zero-order chi connectivity index (χ0) is 14.9. The molecule has 2 heteroatoms. The van der Waals surface area contributed by atoms with E-state index in [1.54, 1.807) is 0 Å². The van der Waals surface area contributed by atoms with E-state index in [9.17, 15) is 5.11 Å². The van der Waals surface area contributed by atoms with Gasteiger partial charge in [0, 0.05) is 12.1 Å². The summed E-state index contributed by atoms with van der Waals surface area (Å²) in [4.78, 5) is 2.49. The Morgan fingerprint density at radius 1 is 1.10 bits per heavy atom. The van der Waals surface area contributed by atoms with Crippen LogP contribution in [0.2, 0.25) is 0 Å². The van der Waals surface area contributed by atoms with Gasteiger partial charge in [0.2, 0.25) is 0 Å². The van der Waals surface area contributed by atoms with Gasteiger partial charge in [-0.05, 0) is 48.2 Å². The normalized spacial score (nSPS) is 19.0. The van der Waals surface area contributed by atoms with Crippen molar-refractivity contribution >= 4 is 10.8 Å². The number of piperidine rings is 1. The van der Waals surface area contributed by atoms with Crippen molar-refractivity contribution in [2.75, 3.05) is 13.1 Å². The number of phenols is 1. The molecule has 1 aliphatic heterocycles. The number of fused-ring (bicyclic) bond motifs is 1. The van der Waals surface area contributed by atoms with Crippen molar-refractivity contribution in [2.24, 2.45) is 5.41 Å². The Balaban J connectivity index is 1.81. The highest BCUT2D eigenvalue weighted by atomic mass is 16.3. The summed E-state index contributed by atoms with van der Waals surface area (Å²) in [6.45, 7) is 7.82. The van der Waals surface area contributed by atoms with Crippen LogP contribution < -0.4 is 0 Å². The molecule has 0 bridgehead atoms. The van der Waals surface area contributed by atoms with E-state index in [4.69, 9.17) is 0 Å². The van der Waals surface area contributed by atoms with Gasteiger partial charge in [-0.25, -0.2) is 0 Å². The maximum absolute atomic E-state index is 10.3. The maximum Gasteiger partial charge on any atom is 0.120 e. The third kappa shape index (κ3) is 2.91. The van der Waals surface area contributed by atoms with Gasteiger partial charge >= 0.3 is 0 Å². The van der Waals surface area contributed by atoms with E-state index in [2.05, 4.69) is 43.0 Å². The average Bonchev–Trinajstić information content (AvgIpc) is 2.52. The van der Waals surface area contributed by atoms with E-state index < -0.39 is 0 Å². The molecule has 0 radical (unpaired) electrons. The SMILES string of the molecule is CCC1(C)CCN(Cc2c(O)ccc3ccccc23)CC1. The van der Waals surface area contributed by atoms with Gasteiger partial charge in [0.15, 0.2) is 0 Å². The van der Waals surface area contributed by atoms with Crippen LogP contribution in [0.15, 0.2) is 36.4 Å². The summed E-state index contributed by atoms with van der Waals surface area (Å²) >= 11 is 0. The fourth-order valence-corrected chi connectivity index (χ4v) is 3.32. The largest absolute Gasteiger partial charge is 0.508 e. The summed E-state index contributed by atoms with van der Waals surface area (Å²) in [5.41, 5.74) is 1.59. The highest BCUT2D eigenvalue weighted by Crippen LogP contribution is 2.35. The van der Waals surface area contributed by atoms with Crippen molar-refractivity contribution in [3.8, 4) is 5.75 Å². The number of likely N-dealkylation sites (tertiary alicyclic amines) is 1. The van der Waals surface area contributed by atoms with Crippen LogP contribution in [-0.2, 0) is 6.54 Å². The third-order valence-corrected chi connectivity index (χ3v) is 5.31. The fraction of sp³-hybridized carbons (Fsp3) is 0.474. The highest BCUT2D eigenvalue weighted by Gasteiger charge is 2.28. The molecule has 0 amide bonds. The Kier molecular flexibility index (Phi) is 3.90. The lowest BCUT2D eigenvalue weighted by atomic mass is 9.78. The Morgan fingerprint density at radius 3 is 2.52 bits per heavy atom. The number of aromatic hydroxyl groups is 1. The molecule has 2 nitrogen and oxygen atoms in total. The van der Waals surface area contributed by atoms with Gasteiger partial charge in [0.05, 0.1) is 0 Å². The van der Waals surface area contributed by atoms with Crippen LogP contribution in [-0.4, -0.2) is 23.1 Å². The molecule has 0 saturated carbocycles. The molecule has 3 rings (SSSR count). The molecule has 1 heterocycles. The molecule has 21 heavy (non-hydrogen) atoms. The number of nitrogens with zero attached hydrogens (tertiary/aromatic N) is 1. The quantitative estimate of drug-likeness (QED) is 0.892. The van der Waals surface area contributed by atoms with Crippen molar-refractivity contribution in [2.45, 2.75) is 39.7 Å². The molecule has 112 valence electrons. The Hall–Kier alpha value is -1.54. The maximum atomic E-state index is 10.3. The van der Waals surface area contributed by atoms with E-state index in [1.807, 2.05) is 12.1 Å². The minimum absolute atomic E-state index is 0.428. The highest BCUT2D eigenvalue weighted by molar-refractivity contribution is 5.87. The Labute approximate surface area is 127 Å². The van der Waals surface area contributed by atoms with Gasteiger partial charge in [0.25, 0.3) is 0 Å². The van der Waals surface area contributed by atoms with E-state index in [-0.39, 0.29) is 0 Å². The molecule has 0 atom stereocenters. The number of phenolic OH excluding ortho intramolecular Hbond substituents is 1. The standard InChI is InChI=1S/C19H25NO/c1-3-19(2)10-12-20(13-11-19)14-17-16-7-5-4-6-15(16)8-9-18(17)21/h4-9,21H,3,10-14H2,1-2H3. The van der Waals surface area contributed by atoms with Crippen molar-refractivity contribution in [1.29, 1.82) is 0 Å². The molecular weight excluding hydrogens is 258 g/mol. The van der Waals surface area contributed by atoms with Crippen LogP contribution in [0.4, 0.5) is 0 Å². The molecule has 2 aromatic rings. The van der Waals surface area contributed by atoms with Crippen molar-refractivity contribution in [3.63, 3.8) is 0 Å². The number of rotatable bonds is 3. The lowest BCUT2D eigenvalue weighted by molar-refractivity contribution is 0.109. The lowest BCUT2D eigenvalue weighted by Crippen LogP contribution is -2.37. The molecule has 0 unspecified atom stereocenters. The van der Waals surface area contributed by atoms with Crippen molar-refractivity contribution in [3.05, 3.63) is 42.0 Å². The molecule has 1 fully saturated rings. The third-order valence-electron chi connectivity index (χ3n) is 5.31. The zero-order valence-corrected chi connectivity index (χ0v) is 13.1. The molecule has 1 aliphatic rings. The summed E-state index contributed by atoms with van der Waals surface area (Å²) in [7, 11) is 0. The van der Waals surface area contributed by atoms with Crippen LogP contribution in [0.25, 0.3) is 10.8 Å². The number of hydrogen-bond donors (Lipinski definition) is 1. The smallest absolute Gasteiger partial charge is 0.120 e. The van der Waals surface area contributed by atoms with Crippen molar-refractivity contribution in [1.82, 2.24) is 4.90 Å². The first-order chi connectivity index (χ1) is 10.1. The first-order valence-electron chi connectivity index (χ1n) is 8.03. The van der Waals surface area contributed by atoms with Gasteiger partial charge < -0.3 is 5.11 Å². The van der Waals surface area contributed by atoms with Gasteiger partial charge in [0.1, 0.15) is 5.75 Å². The monoisotopic (exact) mass is 283 g/mol. The lowest BCUT2D eigenvalue weighted by Gasteiger charge is -2.39. The van der Waals surface area contributed by atoms with Gasteiger partial charge in [-0.1, -0.05) is 50.6 Å². The summed E-state index contributed by atoms with van der Waals surface area (Å²) in [6.07, 6.45) is 3.78. The van der Waals surface area contributed by atoms with Gasteiger partial charge in [-0.2, -0.15) is 0 Å². The predicted octanol–water partition coefficient (Wildman–Crippen LogP) is 4.56. The molecule has 2 aromatic carbocycles. The minimum Gasteiger partial charge on any atom is -0.508 e. The van der Waals surface area contributed by atoms with Crippen molar-refractivity contribution < 1.29 is 5.11 Å². The van der Waals surface area contributed by atoms with E-state index >= 15 is 0 Å². The van der Waals surface area contributed by atoms with Gasteiger partial charge in [-0.15, -0.1) is 0 Å². The predicted molar refractivity (Wildman–Crippen MR) is 88.5 cm³/mol. The fourth-order valence-electron chi connectivity index (χ4n) is 3.32. The summed E-state index contributed by atoms with van der Waals surface area (Å²) in [5.74, 6) is 0.428. The molecule has 1 N–H and O–H groups in total. The minimum atomic E-state index is 0.428. The summed E-state index contributed by atoms with van der Waals surface area (Å²) in [6, 6.07) is 12.2. The Bertz CT molecular complexity index is 626. The summed E-state index contributed by atoms with van der Waals surface area (Å²) < 4.78 is 0. The number of benzene rings is 2. The second kappa shape index (κ2) is 5.69. The Morgan fingerprint density at radius 2 is 1.81 bits per heavy atom. The topological polar surface area (TPSA) is 23.5 Å². The second-order valence-corrected chi connectivity index (χ2v) is 6.72. The van der Waals surface area contributed by atoms with Crippen LogP contribution >= 0.6 is 0 Å². The molecule has 0 spiro atoms. The van der Waals surface area contributed by atoms with Crippen LogP contribution in [0.3, 0.4) is 0 Å². The van der Waals surface area contributed by atoms with E-state index in [0.29, 0.717) is 11.2 Å². The number of hydrogen-bond acceptors (Lipinski definition) is 2. The van der Waals surface area contributed by atoms with E-state index in [0.717, 1.165) is 25.2 Å². The second-order valence-electron chi connectivity index (χ2n) is 6.72. The molecule has 0 aliphatic carbocycles. The van der Waals surface area contributed by atoms with Crippen LogP contribution in [0.1, 0.15) is 38.7 Å². The first-order valence-corrected chi connectivity index (χ1v) is 8.03. The van der Waals surface area contributed by atoms with E-state index in [1.165, 1.54) is 30.0 Å². The van der Waals surface area contributed by atoms with Crippen LogP contribution in [0, 0.1) is 5.41 Å².